The maximum atomic E-state index is 12.3. The van der Waals surface area contributed by atoms with Crippen LogP contribution in [0.4, 0.5) is 11.8 Å². The van der Waals surface area contributed by atoms with Crippen LogP contribution in [-0.4, -0.2) is 87.9 Å². The number of fused-ring (bicyclic) bond motifs is 2. The number of aromatic amines is 1. The summed E-state index contributed by atoms with van der Waals surface area (Å²) >= 11 is 10.2. The van der Waals surface area contributed by atoms with Crippen LogP contribution in [0.2, 0.25) is 0 Å². The molecule has 2 saturated heterocycles. The number of nitrogen functional groups attached to an aromatic ring is 2. The molecule has 238 valence electrons. The average Bonchev–Trinajstić information content (AvgIpc) is 3.76. The van der Waals surface area contributed by atoms with E-state index in [1.807, 2.05) is 16.8 Å². The number of ether oxygens (including phenoxy) is 2. The van der Waals surface area contributed by atoms with Crippen LogP contribution in [-0.2, 0) is 51.2 Å². The van der Waals surface area contributed by atoms with Crippen LogP contribution in [0.25, 0.3) is 22.2 Å². The van der Waals surface area contributed by atoms with Crippen molar-refractivity contribution in [2.45, 2.75) is 50.0 Å². The van der Waals surface area contributed by atoms with Crippen molar-refractivity contribution in [1.29, 1.82) is 0 Å². The van der Waals surface area contributed by atoms with Crippen molar-refractivity contribution >= 4 is 71.0 Å². The van der Waals surface area contributed by atoms with Gasteiger partial charge in [0.05, 0.1) is 30.8 Å². The van der Waals surface area contributed by atoms with Gasteiger partial charge in [-0.05, 0) is 42.5 Å². The number of nitrogens with two attached hydrogens (primary N) is 2. The standard InChI is InChI=1S/C21H28N10O9P2S2/c1-35-41(33,43)36-8-11-6-13(20(39-11)31-18-15(28-29-31)19(32)27-21(23)26-18)40-42(34,44)37-7-10-2-3-14(38-10)30-5-4-12-16(22)24-9-25-17(12)30/h4-5,9-11,13-14,20H,2-3,6-8H2,1H3,(H,33,43)(H,34,44)(H2,22,24,25)(H3,23,26,27,32)/t10-,11-,13+,14+,20+,41?,42?/m0/s1. The second-order valence-corrected chi connectivity index (χ2v) is 15.6. The highest BCUT2D eigenvalue weighted by Gasteiger charge is 2.43. The van der Waals surface area contributed by atoms with Crippen LogP contribution in [0.3, 0.4) is 0 Å². The third-order valence-electron chi connectivity index (χ3n) is 7.02. The lowest BCUT2D eigenvalue weighted by Crippen LogP contribution is -2.25. The molecule has 0 amide bonds. The largest absolute Gasteiger partial charge is 0.383 e. The highest BCUT2D eigenvalue weighted by atomic mass is 32.5. The molecule has 7 N–H and O–H groups in total. The van der Waals surface area contributed by atoms with Gasteiger partial charge >= 0.3 is 13.4 Å². The quantitative estimate of drug-likeness (QED) is 0.135. The van der Waals surface area contributed by atoms with Gasteiger partial charge in [0.25, 0.3) is 5.56 Å². The van der Waals surface area contributed by atoms with Crippen molar-refractivity contribution in [1.82, 2.24) is 39.5 Å². The van der Waals surface area contributed by atoms with Crippen molar-refractivity contribution in [3.05, 3.63) is 28.9 Å². The van der Waals surface area contributed by atoms with E-state index in [9.17, 15) is 14.6 Å². The van der Waals surface area contributed by atoms with Gasteiger partial charge in [-0.2, -0.15) is 9.67 Å². The Bertz CT molecular complexity index is 1840. The molecule has 0 aliphatic carbocycles. The van der Waals surface area contributed by atoms with E-state index >= 15 is 0 Å². The molecule has 44 heavy (non-hydrogen) atoms. The Labute approximate surface area is 258 Å². The molecule has 7 atom stereocenters. The molecule has 6 heterocycles. The maximum Gasteiger partial charge on any atom is 0.325 e. The Kier molecular flexibility index (Phi) is 8.83. The molecule has 2 unspecified atom stereocenters. The van der Waals surface area contributed by atoms with Crippen molar-refractivity contribution in [3.63, 3.8) is 0 Å². The van der Waals surface area contributed by atoms with Crippen molar-refractivity contribution in [2.75, 3.05) is 31.8 Å². The van der Waals surface area contributed by atoms with E-state index in [1.54, 1.807) is 0 Å². The SMILES string of the molecule is COP(O)(=S)OC[C@@H]1C[C@@H](OP(O)(=S)OC[C@@H]2CC[C@H](n3ccc4c(N)ncnc43)O2)[C@H](n2nnc3c(=O)[nH]c(N)nc32)O1. The van der Waals surface area contributed by atoms with Crippen molar-refractivity contribution in [2.24, 2.45) is 0 Å². The second kappa shape index (κ2) is 12.3. The smallest absolute Gasteiger partial charge is 0.325 e. The van der Waals surface area contributed by atoms with Gasteiger partial charge in [0, 0.05) is 19.7 Å². The fourth-order valence-corrected chi connectivity index (χ4v) is 7.11. The van der Waals surface area contributed by atoms with Gasteiger partial charge in [0.2, 0.25) is 5.95 Å². The van der Waals surface area contributed by atoms with Gasteiger partial charge in [0.15, 0.2) is 17.4 Å². The molecule has 0 spiro atoms. The molecule has 0 radical (unpaired) electrons. The van der Waals surface area contributed by atoms with Crippen LogP contribution in [0.5, 0.6) is 0 Å². The molecule has 4 aromatic heterocycles. The van der Waals surface area contributed by atoms with Gasteiger partial charge in [-0.25, -0.2) is 9.97 Å². The zero-order valence-corrected chi connectivity index (χ0v) is 26.3. The number of hydrogen-bond donors (Lipinski definition) is 5. The molecule has 0 aromatic carbocycles. The fourth-order valence-electron chi connectivity index (χ4n) is 5.01. The summed E-state index contributed by atoms with van der Waals surface area (Å²) < 4.78 is 37.0. The maximum absolute atomic E-state index is 12.3. The normalized spacial score (nSPS) is 26.8. The first-order valence-corrected chi connectivity index (χ1v) is 18.3. The van der Waals surface area contributed by atoms with E-state index in [-0.39, 0.29) is 43.0 Å². The first-order valence-electron chi connectivity index (χ1n) is 13.1. The molecule has 19 nitrogen and oxygen atoms in total. The number of hydrogen-bond acceptors (Lipinski definition) is 16. The number of rotatable bonds is 11. The fraction of sp³-hybridized carbons (Fsp3) is 0.524. The molecule has 6 rings (SSSR count). The van der Waals surface area contributed by atoms with E-state index < -0.39 is 43.5 Å². The zero-order chi connectivity index (χ0) is 31.2. The molecular formula is C21H28N10O9P2S2. The lowest BCUT2D eigenvalue weighted by Gasteiger charge is -2.24. The summed E-state index contributed by atoms with van der Waals surface area (Å²) in [6.45, 7) is -7.62. The highest BCUT2D eigenvalue weighted by molar-refractivity contribution is 8.07. The summed E-state index contributed by atoms with van der Waals surface area (Å²) in [6, 6.07) is 1.82. The number of anilines is 2. The van der Waals surface area contributed by atoms with Crippen LogP contribution in [0, 0.1) is 0 Å². The summed E-state index contributed by atoms with van der Waals surface area (Å²) in [6.07, 6.45) is 1.07. The first kappa shape index (κ1) is 31.5. The van der Waals surface area contributed by atoms with Crippen molar-refractivity contribution < 1.29 is 37.4 Å². The molecule has 0 bridgehead atoms. The molecule has 2 aliphatic rings. The van der Waals surface area contributed by atoms with E-state index in [2.05, 4.69) is 30.2 Å². The third kappa shape index (κ3) is 6.55. The van der Waals surface area contributed by atoms with E-state index in [1.165, 1.54) is 18.1 Å². The predicted octanol–water partition coefficient (Wildman–Crippen LogP) is 0.587. The Balaban J connectivity index is 1.15. The van der Waals surface area contributed by atoms with E-state index in [0.29, 0.717) is 24.3 Å². The van der Waals surface area contributed by atoms with Crippen molar-refractivity contribution in [3.8, 4) is 0 Å². The minimum absolute atomic E-state index is 0.0118. The molecule has 2 fully saturated rings. The van der Waals surface area contributed by atoms with Crippen LogP contribution < -0.4 is 17.0 Å². The van der Waals surface area contributed by atoms with Gasteiger partial charge in [-0.15, -0.1) is 5.10 Å². The summed E-state index contributed by atoms with van der Waals surface area (Å²) in [7, 11) is 1.22. The first-order chi connectivity index (χ1) is 20.9. The van der Waals surface area contributed by atoms with Gasteiger partial charge < -0.3 is 53.4 Å². The number of nitrogens with one attached hydrogen (secondary N) is 1. The lowest BCUT2D eigenvalue weighted by molar-refractivity contribution is -0.0543. The lowest BCUT2D eigenvalue weighted by atomic mass is 10.2. The third-order valence-corrected chi connectivity index (χ3v) is 10.3. The molecule has 2 aliphatic heterocycles. The Morgan fingerprint density at radius 2 is 1.89 bits per heavy atom. The number of H-pyrrole nitrogens is 1. The Hall–Kier alpha value is -2.52. The minimum atomic E-state index is -3.90. The van der Waals surface area contributed by atoms with E-state index in [0.717, 1.165) is 5.39 Å². The monoisotopic (exact) mass is 690 g/mol. The summed E-state index contributed by atoms with van der Waals surface area (Å²) in [5.74, 6) is 0.203. The number of aromatic nitrogens is 8. The predicted molar refractivity (Wildman–Crippen MR) is 161 cm³/mol. The minimum Gasteiger partial charge on any atom is -0.383 e. The van der Waals surface area contributed by atoms with Crippen LogP contribution in [0.1, 0.15) is 31.7 Å². The van der Waals surface area contributed by atoms with Crippen LogP contribution >= 0.6 is 13.4 Å². The Morgan fingerprint density at radius 1 is 1.11 bits per heavy atom. The molecule has 4 aromatic rings. The number of nitrogens with zero attached hydrogens (tertiary/aromatic N) is 7. The van der Waals surface area contributed by atoms with E-state index in [4.69, 9.17) is 62.6 Å². The second-order valence-electron chi connectivity index (χ2n) is 9.91. The van der Waals surface area contributed by atoms with Crippen LogP contribution in [0.15, 0.2) is 23.4 Å². The summed E-state index contributed by atoms with van der Waals surface area (Å²) in [5, 5.41) is 8.59. The Morgan fingerprint density at radius 3 is 2.68 bits per heavy atom. The highest BCUT2D eigenvalue weighted by Crippen LogP contribution is 2.51. The van der Waals surface area contributed by atoms with Gasteiger partial charge in [-0.1, -0.05) is 5.21 Å². The molecular weight excluding hydrogens is 662 g/mol. The summed E-state index contributed by atoms with van der Waals surface area (Å²) in [4.78, 5) is 48.1. The zero-order valence-electron chi connectivity index (χ0n) is 22.9. The van der Waals surface area contributed by atoms with Gasteiger partial charge in [-0.3, -0.25) is 9.78 Å². The van der Waals surface area contributed by atoms with Gasteiger partial charge in [0.1, 0.15) is 30.1 Å². The average molecular weight is 691 g/mol. The molecule has 23 heteroatoms. The molecule has 0 saturated carbocycles. The summed E-state index contributed by atoms with van der Waals surface area (Å²) in [5.41, 5.74) is 11.6. The topological polar surface area (TPSA) is 255 Å².